The Balaban J connectivity index is 2.21. The fraction of sp³-hybridized carbons (Fsp3) is 0.143. The maximum atomic E-state index is 12.2. The van der Waals surface area contributed by atoms with Gasteiger partial charge in [0.05, 0.1) is 5.56 Å². The molecule has 3 rings (SSSR count). The van der Waals surface area contributed by atoms with Crippen molar-refractivity contribution >= 4 is 49.9 Å². The van der Waals surface area contributed by atoms with Gasteiger partial charge in [0.2, 0.25) is 4.96 Å². The summed E-state index contributed by atoms with van der Waals surface area (Å²) in [6.45, 7) is 1.96. The Kier molecular flexibility index (Phi) is 3.79. The number of allylic oxidation sites excluding steroid dienone is 5. The number of nitrogens with zero attached hydrogens (tertiary/aromatic N) is 3. The van der Waals surface area contributed by atoms with E-state index in [2.05, 4.69) is 26.0 Å². The highest BCUT2D eigenvalue weighted by Gasteiger charge is 2.15. The molecule has 8 heteroatoms. The first-order valence-corrected chi connectivity index (χ1v) is 8.10. The van der Waals surface area contributed by atoms with E-state index in [1.54, 1.807) is 12.2 Å². The third-order valence-electron chi connectivity index (χ3n) is 3.11. The van der Waals surface area contributed by atoms with Crippen LogP contribution in [-0.2, 0) is 11.2 Å². The Bertz CT molecular complexity index is 936. The third kappa shape index (κ3) is 2.55. The second kappa shape index (κ2) is 5.62. The molecule has 2 N–H and O–H groups in total. The van der Waals surface area contributed by atoms with Gasteiger partial charge in [-0.25, -0.2) is 0 Å². The van der Waals surface area contributed by atoms with Crippen molar-refractivity contribution in [3.05, 3.63) is 49.2 Å². The number of hydrogen-bond acceptors (Lipinski definition) is 6. The normalized spacial score (nSPS) is 16.5. The van der Waals surface area contributed by atoms with Crippen molar-refractivity contribution in [1.82, 2.24) is 14.6 Å². The first-order valence-electron chi connectivity index (χ1n) is 6.49. The topological polar surface area (TPSA) is 90.4 Å². The maximum Gasteiger partial charge on any atom is 0.283 e. The van der Waals surface area contributed by atoms with Gasteiger partial charge in [-0.1, -0.05) is 34.2 Å². The molecule has 2 aromatic rings. The summed E-state index contributed by atoms with van der Waals surface area (Å²) in [6.07, 6.45) is 6.89. The zero-order valence-electron chi connectivity index (χ0n) is 11.5. The molecule has 6 nitrogen and oxygen atoms in total. The van der Waals surface area contributed by atoms with Crippen LogP contribution in [0.3, 0.4) is 0 Å². The third-order valence-corrected chi connectivity index (χ3v) is 4.65. The van der Waals surface area contributed by atoms with Crippen LogP contribution in [0.4, 0.5) is 5.82 Å². The van der Waals surface area contributed by atoms with Gasteiger partial charge < -0.3 is 5.73 Å². The lowest BCUT2D eigenvalue weighted by atomic mass is 10.0. The molecule has 1 aliphatic carbocycles. The van der Waals surface area contributed by atoms with Crippen molar-refractivity contribution in [2.75, 3.05) is 5.73 Å². The number of nitrogens with two attached hydrogens (primary N) is 1. The molecule has 0 atom stereocenters. The zero-order valence-corrected chi connectivity index (χ0v) is 13.9. The van der Waals surface area contributed by atoms with Gasteiger partial charge in [-0.15, -0.1) is 0 Å². The Labute approximate surface area is 137 Å². The number of carbonyl (C=O) groups is 1. The number of halogens is 1. The summed E-state index contributed by atoms with van der Waals surface area (Å²) in [6, 6.07) is 0. The number of aryl methyl sites for hydroxylation is 1. The largest absolute Gasteiger partial charge is 0.383 e. The summed E-state index contributed by atoms with van der Waals surface area (Å²) in [5.74, 6) is -0.00931. The standard InChI is InChI=1S/C14H11BrN4O2S/c1-2-11-18-19-12(16)9(13(21)17-14(19)22-11)6-7-5-8(15)3-4-10(7)20/h3-6H,2,16H2,1H3. The van der Waals surface area contributed by atoms with Crippen LogP contribution in [-0.4, -0.2) is 20.4 Å². The van der Waals surface area contributed by atoms with Crippen molar-refractivity contribution in [3.63, 3.8) is 0 Å². The number of aromatic nitrogens is 3. The molecule has 0 bridgehead atoms. The van der Waals surface area contributed by atoms with Crippen LogP contribution in [0.1, 0.15) is 17.5 Å². The van der Waals surface area contributed by atoms with E-state index in [1.165, 1.54) is 28.0 Å². The van der Waals surface area contributed by atoms with E-state index in [-0.39, 0.29) is 17.2 Å². The molecule has 0 amide bonds. The second-order valence-corrected chi connectivity index (χ2v) is 6.54. The first-order chi connectivity index (χ1) is 10.5. The Morgan fingerprint density at radius 2 is 2.18 bits per heavy atom. The van der Waals surface area contributed by atoms with Gasteiger partial charge in [0.1, 0.15) is 10.8 Å². The minimum absolute atomic E-state index is 0.167. The number of anilines is 1. The van der Waals surface area contributed by atoms with Crippen LogP contribution in [0.5, 0.6) is 0 Å². The predicted octanol–water partition coefficient (Wildman–Crippen LogP) is 2.10. The zero-order chi connectivity index (χ0) is 15.9. The Morgan fingerprint density at radius 1 is 1.41 bits per heavy atom. The number of nitrogen functional groups attached to an aromatic ring is 1. The minimum Gasteiger partial charge on any atom is -0.383 e. The van der Waals surface area contributed by atoms with Crippen molar-refractivity contribution in [1.29, 1.82) is 0 Å². The minimum atomic E-state index is -0.469. The first kappa shape index (κ1) is 14.9. The molecule has 112 valence electrons. The second-order valence-electron chi connectivity index (χ2n) is 4.59. The van der Waals surface area contributed by atoms with Crippen LogP contribution in [0.25, 0.3) is 11.0 Å². The average molecular weight is 379 g/mol. The van der Waals surface area contributed by atoms with E-state index in [4.69, 9.17) is 5.73 Å². The molecule has 0 aromatic carbocycles. The smallest absolute Gasteiger partial charge is 0.283 e. The van der Waals surface area contributed by atoms with Gasteiger partial charge in [0.25, 0.3) is 5.56 Å². The van der Waals surface area contributed by atoms with Crippen LogP contribution in [0.15, 0.2) is 33.1 Å². The van der Waals surface area contributed by atoms with E-state index in [0.29, 0.717) is 10.5 Å². The highest BCUT2D eigenvalue weighted by atomic mass is 79.9. The summed E-state index contributed by atoms with van der Waals surface area (Å²) in [5.41, 5.74) is 6.11. The summed E-state index contributed by atoms with van der Waals surface area (Å²) >= 11 is 4.62. The van der Waals surface area contributed by atoms with Crippen molar-refractivity contribution < 1.29 is 4.79 Å². The quantitative estimate of drug-likeness (QED) is 0.807. The van der Waals surface area contributed by atoms with Gasteiger partial charge >= 0.3 is 0 Å². The molecule has 0 fully saturated rings. The van der Waals surface area contributed by atoms with E-state index in [1.807, 2.05) is 6.92 Å². The maximum absolute atomic E-state index is 12.2. The van der Waals surface area contributed by atoms with Crippen LogP contribution < -0.4 is 11.3 Å². The number of ketones is 1. The monoisotopic (exact) mass is 378 g/mol. The van der Waals surface area contributed by atoms with Crippen molar-refractivity contribution in [2.24, 2.45) is 0 Å². The summed E-state index contributed by atoms with van der Waals surface area (Å²) in [5, 5.41) is 5.15. The number of carbonyl (C=O) groups excluding carboxylic acids is 1. The highest BCUT2D eigenvalue weighted by molar-refractivity contribution is 9.11. The van der Waals surface area contributed by atoms with Gasteiger partial charge in [0, 0.05) is 10.1 Å². The van der Waals surface area contributed by atoms with Gasteiger partial charge in [-0.3, -0.25) is 9.59 Å². The number of fused-ring (bicyclic) bond motifs is 1. The highest BCUT2D eigenvalue weighted by Crippen LogP contribution is 2.22. The molecule has 1 aliphatic rings. The summed E-state index contributed by atoms with van der Waals surface area (Å²) in [4.78, 5) is 28.5. The molecule has 0 saturated heterocycles. The lowest BCUT2D eigenvalue weighted by Gasteiger charge is -2.05. The fourth-order valence-corrected chi connectivity index (χ4v) is 3.20. The van der Waals surface area contributed by atoms with Gasteiger partial charge in [-0.2, -0.15) is 14.6 Å². The van der Waals surface area contributed by atoms with Crippen LogP contribution >= 0.6 is 27.3 Å². The molecule has 0 aliphatic heterocycles. The van der Waals surface area contributed by atoms with E-state index < -0.39 is 5.56 Å². The Morgan fingerprint density at radius 3 is 2.91 bits per heavy atom. The number of hydrogen-bond donors (Lipinski definition) is 1. The predicted molar refractivity (Wildman–Crippen MR) is 90.1 cm³/mol. The fourth-order valence-electron chi connectivity index (χ4n) is 1.99. The number of rotatable bonds is 2. The molecule has 22 heavy (non-hydrogen) atoms. The molecule has 2 heterocycles. The molecule has 0 unspecified atom stereocenters. The summed E-state index contributed by atoms with van der Waals surface area (Å²) < 4.78 is 2.19. The molecule has 0 saturated carbocycles. The molecular formula is C14H11BrN4O2S. The van der Waals surface area contributed by atoms with Gasteiger partial charge in [0.15, 0.2) is 5.78 Å². The van der Waals surface area contributed by atoms with E-state index in [0.717, 1.165) is 15.9 Å². The molecule has 0 spiro atoms. The van der Waals surface area contributed by atoms with Crippen LogP contribution in [0.2, 0.25) is 0 Å². The lowest BCUT2D eigenvalue weighted by Crippen LogP contribution is -2.17. The molecular weight excluding hydrogens is 368 g/mol. The Hall–Kier alpha value is -2.06. The SMILES string of the molecule is CCc1nn2c(N)c(C=C3C=C(Br)C=CC3=O)c(=O)nc2s1. The molecule has 2 aromatic heterocycles. The van der Waals surface area contributed by atoms with Crippen molar-refractivity contribution in [2.45, 2.75) is 13.3 Å². The average Bonchev–Trinajstić information content (AvgIpc) is 2.90. The summed E-state index contributed by atoms with van der Waals surface area (Å²) in [7, 11) is 0. The van der Waals surface area contributed by atoms with E-state index >= 15 is 0 Å². The van der Waals surface area contributed by atoms with E-state index in [9.17, 15) is 9.59 Å². The van der Waals surface area contributed by atoms with Gasteiger partial charge in [-0.05, 0) is 30.7 Å². The van der Waals surface area contributed by atoms with Crippen molar-refractivity contribution in [3.8, 4) is 0 Å². The lowest BCUT2D eigenvalue weighted by molar-refractivity contribution is -0.111. The molecule has 0 radical (unpaired) electrons. The van der Waals surface area contributed by atoms with Crippen LogP contribution in [0, 0.1) is 0 Å².